The number of rotatable bonds is 5. The number of nitrogens with zero attached hydrogens (tertiary/aromatic N) is 1. The number of phenolic OH excluding ortho intramolecular Hbond substituents is 1. The average molecular weight is 651 g/mol. The lowest BCUT2D eigenvalue weighted by molar-refractivity contribution is -0.123. The van der Waals surface area contributed by atoms with E-state index in [0.717, 1.165) is 15.6 Å². The van der Waals surface area contributed by atoms with Crippen molar-refractivity contribution in [2.45, 2.75) is 32.3 Å². The Bertz CT molecular complexity index is 1840. The van der Waals surface area contributed by atoms with Crippen molar-refractivity contribution >= 4 is 45.0 Å². The zero-order chi connectivity index (χ0) is 30.7. The SMILES string of the molecule is CC1=CC(=O)C2=C(C[C@@H]3C(=CC[C@@H]4C(=O)N(c5ccc(Br)cc5)C(=O)[C@@H]43)[C@@H]2c2ccc(OCc3ccccc3)cc2O)C1=O. The first-order valence-corrected chi connectivity index (χ1v) is 15.4. The molecule has 0 spiro atoms. The van der Waals surface area contributed by atoms with Crippen LogP contribution in [-0.2, 0) is 25.8 Å². The quantitative estimate of drug-likeness (QED) is 0.196. The summed E-state index contributed by atoms with van der Waals surface area (Å²) in [6, 6.07) is 21.7. The van der Waals surface area contributed by atoms with Crippen LogP contribution in [-0.4, -0.2) is 28.5 Å². The van der Waals surface area contributed by atoms with E-state index in [-0.39, 0.29) is 35.6 Å². The fourth-order valence-electron chi connectivity index (χ4n) is 7.18. The van der Waals surface area contributed by atoms with Crippen molar-refractivity contribution in [2.75, 3.05) is 4.90 Å². The average Bonchev–Trinajstić information content (AvgIpc) is 3.28. The predicted octanol–water partition coefficient (Wildman–Crippen LogP) is 6.37. The predicted molar refractivity (Wildman–Crippen MR) is 167 cm³/mol. The van der Waals surface area contributed by atoms with Crippen LogP contribution in [0.25, 0.3) is 0 Å². The Kier molecular flexibility index (Phi) is 6.97. The number of benzene rings is 3. The van der Waals surface area contributed by atoms with Gasteiger partial charge in [0.05, 0.1) is 17.5 Å². The summed E-state index contributed by atoms with van der Waals surface area (Å²) < 4.78 is 6.75. The summed E-state index contributed by atoms with van der Waals surface area (Å²) in [5.74, 6) is -3.19. The number of carbonyl (C=O) groups excluding carboxylic acids is 4. The second-order valence-electron chi connectivity index (χ2n) is 11.7. The van der Waals surface area contributed by atoms with Crippen molar-refractivity contribution in [3.63, 3.8) is 0 Å². The molecule has 7 rings (SSSR count). The third-order valence-electron chi connectivity index (χ3n) is 9.21. The van der Waals surface area contributed by atoms with Crippen molar-refractivity contribution in [1.29, 1.82) is 0 Å². The van der Waals surface area contributed by atoms with Crippen molar-refractivity contribution in [1.82, 2.24) is 0 Å². The van der Waals surface area contributed by atoms with Crippen LogP contribution >= 0.6 is 15.9 Å². The van der Waals surface area contributed by atoms with Gasteiger partial charge in [0.2, 0.25) is 11.8 Å². The first-order chi connectivity index (χ1) is 21.2. The van der Waals surface area contributed by atoms with E-state index in [1.165, 1.54) is 17.0 Å². The highest BCUT2D eigenvalue weighted by Gasteiger charge is 2.56. The maximum absolute atomic E-state index is 14.0. The van der Waals surface area contributed by atoms with E-state index >= 15 is 0 Å². The molecular weight excluding hydrogens is 622 g/mol. The highest BCUT2D eigenvalue weighted by Crippen LogP contribution is 2.56. The maximum Gasteiger partial charge on any atom is 0.238 e. The van der Waals surface area contributed by atoms with E-state index in [2.05, 4.69) is 15.9 Å². The molecule has 4 aliphatic rings. The summed E-state index contributed by atoms with van der Waals surface area (Å²) in [7, 11) is 0. The number of phenols is 1. The van der Waals surface area contributed by atoms with Gasteiger partial charge in [-0.2, -0.15) is 0 Å². The van der Waals surface area contributed by atoms with E-state index in [1.54, 1.807) is 43.3 Å². The van der Waals surface area contributed by atoms with Gasteiger partial charge in [0.25, 0.3) is 0 Å². The number of fused-ring (bicyclic) bond motifs is 3. The van der Waals surface area contributed by atoms with Crippen molar-refractivity contribution in [3.05, 3.63) is 123 Å². The number of imide groups is 1. The molecule has 1 fully saturated rings. The lowest BCUT2D eigenvalue weighted by Crippen LogP contribution is -2.39. The van der Waals surface area contributed by atoms with Gasteiger partial charge < -0.3 is 9.84 Å². The standard InChI is InChI=1S/C36H28BrNO6/c1-19-15-30(40)33-28(34(19)41)17-27-24(13-14-26-32(27)36(43)38(35(26)42)22-9-7-21(37)8-10-22)31(33)25-12-11-23(16-29(25)39)44-18-20-5-3-2-4-6-20/h2-13,15-16,26-27,31-32,39H,14,17-18H2,1H3/t26-,27+,31+,32-/m0/s1. The van der Waals surface area contributed by atoms with Crippen molar-refractivity contribution in [2.24, 2.45) is 17.8 Å². The van der Waals surface area contributed by atoms with Gasteiger partial charge in [0.15, 0.2) is 11.6 Å². The summed E-state index contributed by atoms with van der Waals surface area (Å²) in [6.07, 6.45) is 3.80. The van der Waals surface area contributed by atoms with Gasteiger partial charge in [-0.1, -0.05) is 64.0 Å². The highest BCUT2D eigenvalue weighted by atomic mass is 79.9. The lowest BCUT2D eigenvalue weighted by atomic mass is 9.59. The van der Waals surface area contributed by atoms with E-state index in [4.69, 9.17) is 4.74 Å². The Hall–Kier alpha value is -4.56. The number of amides is 2. The van der Waals surface area contributed by atoms with Crippen LogP contribution in [0.1, 0.15) is 36.8 Å². The lowest BCUT2D eigenvalue weighted by Gasteiger charge is -2.42. The zero-order valence-corrected chi connectivity index (χ0v) is 25.4. The number of aromatic hydroxyl groups is 1. The number of ether oxygens (including phenoxy) is 1. The van der Waals surface area contributed by atoms with Gasteiger partial charge in [-0.15, -0.1) is 0 Å². The highest BCUT2D eigenvalue weighted by molar-refractivity contribution is 9.10. The summed E-state index contributed by atoms with van der Waals surface area (Å²) in [6.45, 7) is 1.93. The van der Waals surface area contributed by atoms with Crippen LogP contribution in [0.3, 0.4) is 0 Å². The molecular formula is C36H28BrNO6. The third kappa shape index (κ3) is 4.56. The molecule has 3 aliphatic carbocycles. The molecule has 44 heavy (non-hydrogen) atoms. The number of anilines is 1. The molecule has 0 bridgehead atoms. The van der Waals surface area contributed by atoms with Gasteiger partial charge in [-0.25, -0.2) is 0 Å². The molecule has 1 aliphatic heterocycles. The molecule has 3 aromatic rings. The summed E-state index contributed by atoms with van der Waals surface area (Å²) >= 11 is 3.40. The van der Waals surface area contributed by atoms with E-state index in [9.17, 15) is 24.3 Å². The number of allylic oxidation sites excluding steroid dienone is 6. The molecule has 0 unspecified atom stereocenters. The minimum Gasteiger partial charge on any atom is -0.507 e. The second kappa shape index (κ2) is 10.9. The Morgan fingerprint density at radius 2 is 1.68 bits per heavy atom. The van der Waals surface area contributed by atoms with Gasteiger partial charge in [0.1, 0.15) is 18.1 Å². The van der Waals surface area contributed by atoms with Crippen LogP contribution in [0.15, 0.2) is 112 Å². The number of ketones is 2. The molecule has 0 saturated carbocycles. The Labute approximate surface area is 262 Å². The first-order valence-electron chi connectivity index (χ1n) is 14.6. The van der Waals surface area contributed by atoms with Crippen molar-refractivity contribution < 1.29 is 29.0 Å². The molecule has 1 heterocycles. The molecule has 4 atom stereocenters. The van der Waals surface area contributed by atoms with Crippen LogP contribution in [0.4, 0.5) is 5.69 Å². The monoisotopic (exact) mass is 649 g/mol. The summed E-state index contributed by atoms with van der Waals surface area (Å²) in [4.78, 5) is 56.0. The normalized spacial score (nSPS) is 24.5. The number of halogens is 1. The fraction of sp³-hybridized carbons (Fsp3) is 0.222. The van der Waals surface area contributed by atoms with Gasteiger partial charge in [0, 0.05) is 38.7 Å². The Morgan fingerprint density at radius 1 is 0.932 bits per heavy atom. The fourth-order valence-corrected chi connectivity index (χ4v) is 7.44. The molecule has 0 aromatic heterocycles. The first kappa shape index (κ1) is 28.2. The molecule has 1 saturated heterocycles. The van der Waals surface area contributed by atoms with Crippen molar-refractivity contribution in [3.8, 4) is 11.5 Å². The van der Waals surface area contributed by atoms with E-state index in [1.807, 2.05) is 36.4 Å². The number of Topliss-reactive ketones (excluding diaryl/α,β-unsaturated/α-hetero) is 1. The summed E-state index contributed by atoms with van der Waals surface area (Å²) in [5, 5.41) is 11.3. The Balaban J connectivity index is 1.28. The smallest absolute Gasteiger partial charge is 0.238 e. The van der Waals surface area contributed by atoms with Gasteiger partial charge in [-0.05, 0) is 67.7 Å². The minimum absolute atomic E-state index is 0.0760. The minimum atomic E-state index is -0.738. The zero-order valence-electron chi connectivity index (χ0n) is 23.8. The number of hydrogen-bond acceptors (Lipinski definition) is 6. The second-order valence-corrected chi connectivity index (χ2v) is 12.6. The van der Waals surface area contributed by atoms with E-state index < -0.39 is 23.7 Å². The third-order valence-corrected chi connectivity index (χ3v) is 9.74. The molecule has 2 amide bonds. The molecule has 0 radical (unpaired) electrons. The molecule has 1 N–H and O–H groups in total. The largest absolute Gasteiger partial charge is 0.507 e. The van der Waals surface area contributed by atoms with E-state index in [0.29, 0.717) is 46.7 Å². The Morgan fingerprint density at radius 3 is 2.41 bits per heavy atom. The maximum atomic E-state index is 14.0. The topological polar surface area (TPSA) is 101 Å². The molecule has 220 valence electrons. The number of carbonyl (C=O) groups is 4. The molecule has 7 nitrogen and oxygen atoms in total. The van der Waals surface area contributed by atoms with Crippen LogP contribution in [0.2, 0.25) is 0 Å². The molecule has 3 aromatic carbocycles. The van der Waals surface area contributed by atoms with Gasteiger partial charge in [-0.3, -0.25) is 24.1 Å². The van der Waals surface area contributed by atoms with Gasteiger partial charge >= 0.3 is 0 Å². The van der Waals surface area contributed by atoms with Crippen LogP contribution in [0.5, 0.6) is 11.5 Å². The number of hydrogen-bond donors (Lipinski definition) is 1. The summed E-state index contributed by atoms with van der Waals surface area (Å²) in [5.41, 5.74) is 3.74. The molecule has 8 heteroatoms. The van der Waals surface area contributed by atoms with Crippen LogP contribution < -0.4 is 9.64 Å². The van der Waals surface area contributed by atoms with Crippen LogP contribution in [0, 0.1) is 17.8 Å².